The first kappa shape index (κ1) is 13.5. The first-order valence-electron chi connectivity index (χ1n) is 6.23. The molecule has 2 aromatic rings. The molecule has 2 rings (SSSR count). The van der Waals surface area contributed by atoms with Gasteiger partial charge in [-0.05, 0) is 31.2 Å². The zero-order chi connectivity index (χ0) is 13.8. The molecule has 0 aliphatic carbocycles. The van der Waals surface area contributed by atoms with Crippen LogP contribution in [0.5, 0.6) is 0 Å². The molecule has 0 saturated carbocycles. The molecule has 3 nitrogen and oxygen atoms in total. The number of nitrogens with zero attached hydrogens (tertiary/aromatic N) is 2. The summed E-state index contributed by atoms with van der Waals surface area (Å²) < 4.78 is 13.7. The van der Waals surface area contributed by atoms with Crippen LogP contribution in [0.1, 0.15) is 17.0 Å². The SMILES string of the molecule is Cc1cccc(CN(C)c2cccc(F)c2CN)n1. The van der Waals surface area contributed by atoms with Crippen molar-refractivity contribution in [1.29, 1.82) is 0 Å². The van der Waals surface area contributed by atoms with Crippen LogP contribution >= 0.6 is 0 Å². The van der Waals surface area contributed by atoms with Crippen molar-refractivity contribution in [1.82, 2.24) is 4.98 Å². The standard InChI is InChI=1S/C15H18FN3/c1-11-5-3-6-12(18-11)10-19(2)15-8-4-7-14(16)13(15)9-17/h3-8H,9-10,17H2,1-2H3. The normalized spacial score (nSPS) is 10.5. The second-order valence-corrected chi connectivity index (χ2v) is 4.57. The molecule has 4 heteroatoms. The summed E-state index contributed by atoms with van der Waals surface area (Å²) in [4.78, 5) is 6.42. The zero-order valence-electron chi connectivity index (χ0n) is 11.2. The van der Waals surface area contributed by atoms with Gasteiger partial charge in [-0.2, -0.15) is 0 Å². The minimum atomic E-state index is -0.260. The Morgan fingerprint density at radius 2 is 1.95 bits per heavy atom. The number of aryl methyl sites for hydroxylation is 1. The Balaban J connectivity index is 2.25. The van der Waals surface area contributed by atoms with E-state index in [0.29, 0.717) is 12.1 Å². The van der Waals surface area contributed by atoms with E-state index < -0.39 is 0 Å². The molecule has 0 amide bonds. The lowest BCUT2D eigenvalue weighted by atomic mass is 10.1. The fourth-order valence-corrected chi connectivity index (χ4v) is 2.12. The number of hydrogen-bond acceptors (Lipinski definition) is 3. The molecule has 0 spiro atoms. The third-order valence-electron chi connectivity index (χ3n) is 3.05. The van der Waals surface area contributed by atoms with Crippen molar-refractivity contribution in [2.24, 2.45) is 5.73 Å². The summed E-state index contributed by atoms with van der Waals surface area (Å²) in [5.41, 5.74) is 8.90. The van der Waals surface area contributed by atoms with Crippen LogP contribution in [0.4, 0.5) is 10.1 Å². The van der Waals surface area contributed by atoms with Gasteiger partial charge in [-0.3, -0.25) is 4.98 Å². The summed E-state index contributed by atoms with van der Waals surface area (Å²) in [5, 5.41) is 0. The number of nitrogens with two attached hydrogens (primary N) is 1. The first-order chi connectivity index (χ1) is 9.11. The molecular formula is C15H18FN3. The van der Waals surface area contributed by atoms with Gasteiger partial charge in [0.05, 0.1) is 12.2 Å². The summed E-state index contributed by atoms with van der Waals surface area (Å²) in [7, 11) is 1.91. The fraction of sp³-hybridized carbons (Fsp3) is 0.267. The van der Waals surface area contributed by atoms with Gasteiger partial charge in [0, 0.05) is 30.5 Å². The van der Waals surface area contributed by atoms with Crippen molar-refractivity contribution in [2.75, 3.05) is 11.9 Å². The highest BCUT2D eigenvalue weighted by Crippen LogP contribution is 2.23. The third-order valence-corrected chi connectivity index (χ3v) is 3.05. The Labute approximate surface area is 112 Å². The topological polar surface area (TPSA) is 42.1 Å². The van der Waals surface area contributed by atoms with E-state index in [0.717, 1.165) is 17.1 Å². The van der Waals surface area contributed by atoms with Gasteiger partial charge in [0.1, 0.15) is 5.82 Å². The molecule has 0 aliphatic heterocycles. The maximum atomic E-state index is 13.7. The summed E-state index contributed by atoms with van der Waals surface area (Å²) >= 11 is 0. The van der Waals surface area contributed by atoms with E-state index in [9.17, 15) is 4.39 Å². The quantitative estimate of drug-likeness (QED) is 0.917. The molecule has 0 fully saturated rings. The van der Waals surface area contributed by atoms with Crippen molar-refractivity contribution in [3.63, 3.8) is 0 Å². The maximum absolute atomic E-state index is 13.7. The van der Waals surface area contributed by atoms with Gasteiger partial charge in [0.2, 0.25) is 0 Å². The highest BCUT2D eigenvalue weighted by molar-refractivity contribution is 5.53. The molecule has 0 saturated heterocycles. The molecule has 100 valence electrons. The zero-order valence-corrected chi connectivity index (χ0v) is 11.2. The number of pyridine rings is 1. The number of aromatic nitrogens is 1. The second kappa shape index (κ2) is 5.80. The Morgan fingerprint density at radius 3 is 2.63 bits per heavy atom. The summed E-state index contributed by atoms with van der Waals surface area (Å²) in [6.45, 7) is 2.77. The van der Waals surface area contributed by atoms with E-state index in [4.69, 9.17) is 5.73 Å². The van der Waals surface area contributed by atoms with Gasteiger partial charge in [-0.15, -0.1) is 0 Å². The largest absolute Gasteiger partial charge is 0.368 e. The van der Waals surface area contributed by atoms with Crippen LogP contribution in [0.2, 0.25) is 0 Å². The van der Waals surface area contributed by atoms with Gasteiger partial charge in [0.25, 0.3) is 0 Å². The van der Waals surface area contributed by atoms with Crippen molar-refractivity contribution >= 4 is 5.69 Å². The highest BCUT2D eigenvalue weighted by atomic mass is 19.1. The van der Waals surface area contributed by atoms with Crippen LogP contribution in [0.25, 0.3) is 0 Å². The minimum Gasteiger partial charge on any atom is -0.368 e. The molecule has 19 heavy (non-hydrogen) atoms. The van der Waals surface area contributed by atoms with Crippen LogP contribution in [-0.2, 0) is 13.1 Å². The minimum absolute atomic E-state index is 0.188. The van der Waals surface area contributed by atoms with Crippen LogP contribution in [0.15, 0.2) is 36.4 Å². The molecule has 0 atom stereocenters. The molecule has 0 bridgehead atoms. The Bertz CT molecular complexity index is 569. The van der Waals surface area contributed by atoms with Gasteiger partial charge in [-0.1, -0.05) is 12.1 Å². The van der Waals surface area contributed by atoms with E-state index in [-0.39, 0.29) is 12.4 Å². The van der Waals surface area contributed by atoms with Crippen molar-refractivity contribution in [2.45, 2.75) is 20.0 Å². The molecule has 0 radical (unpaired) electrons. The Kier molecular flexibility index (Phi) is 4.12. The first-order valence-corrected chi connectivity index (χ1v) is 6.23. The third kappa shape index (κ3) is 3.09. The average molecular weight is 259 g/mol. The predicted molar refractivity (Wildman–Crippen MR) is 75.4 cm³/mol. The van der Waals surface area contributed by atoms with Crippen LogP contribution in [0, 0.1) is 12.7 Å². The Morgan fingerprint density at radius 1 is 1.21 bits per heavy atom. The van der Waals surface area contributed by atoms with Crippen LogP contribution in [-0.4, -0.2) is 12.0 Å². The lowest BCUT2D eigenvalue weighted by Crippen LogP contribution is -2.20. The summed E-state index contributed by atoms with van der Waals surface area (Å²) in [6.07, 6.45) is 0. The van der Waals surface area contributed by atoms with Crippen LogP contribution in [0.3, 0.4) is 0 Å². The van der Waals surface area contributed by atoms with Crippen molar-refractivity contribution in [3.8, 4) is 0 Å². The lowest BCUT2D eigenvalue weighted by molar-refractivity contribution is 0.609. The molecule has 0 unspecified atom stereocenters. The molecule has 1 heterocycles. The van der Waals surface area contributed by atoms with E-state index in [1.165, 1.54) is 6.07 Å². The van der Waals surface area contributed by atoms with Gasteiger partial charge >= 0.3 is 0 Å². The number of rotatable bonds is 4. The number of halogens is 1. The molecule has 2 N–H and O–H groups in total. The van der Waals surface area contributed by atoms with Gasteiger partial charge in [-0.25, -0.2) is 4.39 Å². The van der Waals surface area contributed by atoms with Crippen molar-refractivity contribution in [3.05, 3.63) is 59.2 Å². The lowest BCUT2D eigenvalue weighted by Gasteiger charge is -2.22. The number of hydrogen-bond donors (Lipinski definition) is 1. The number of anilines is 1. The van der Waals surface area contributed by atoms with Crippen molar-refractivity contribution < 1.29 is 4.39 Å². The monoisotopic (exact) mass is 259 g/mol. The average Bonchev–Trinajstić information content (AvgIpc) is 2.38. The second-order valence-electron chi connectivity index (χ2n) is 4.57. The smallest absolute Gasteiger partial charge is 0.129 e. The molecule has 1 aromatic heterocycles. The highest BCUT2D eigenvalue weighted by Gasteiger charge is 2.11. The van der Waals surface area contributed by atoms with E-state index in [1.54, 1.807) is 6.07 Å². The van der Waals surface area contributed by atoms with E-state index >= 15 is 0 Å². The fourth-order valence-electron chi connectivity index (χ4n) is 2.12. The van der Waals surface area contributed by atoms with E-state index in [1.807, 2.05) is 43.1 Å². The summed E-state index contributed by atoms with van der Waals surface area (Å²) in [5.74, 6) is -0.260. The number of benzene rings is 1. The Hall–Kier alpha value is -1.94. The predicted octanol–water partition coefficient (Wildman–Crippen LogP) is 2.62. The molecule has 0 aliphatic rings. The molecular weight excluding hydrogens is 241 g/mol. The summed E-state index contributed by atoms with van der Waals surface area (Å²) in [6, 6.07) is 10.9. The van der Waals surface area contributed by atoms with Crippen LogP contribution < -0.4 is 10.6 Å². The molecule has 1 aromatic carbocycles. The van der Waals surface area contributed by atoms with Gasteiger partial charge < -0.3 is 10.6 Å². The maximum Gasteiger partial charge on any atom is 0.129 e. The van der Waals surface area contributed by atoms with Gasteiger partial charge in [0.15, 0.2) is 0 Å². The van der Waals surface area contributed by atoms with E-state index in [2.05, 4.69) is 4.98 Å².